The number of benzene rings is 1. The van der Waals surface area contributed by atoms with Gasteiger partial charge in [-0.1, -0.05) is 36.4 Å². The highest BCUT2D eigenvalue weighted by Gasteiger charge is 2.19. The van der Waals surface area contributed by atoms with E-state index in [1.54, 1.807) is 0 Å². The molecular weight excluding hydrogens is 473 g/mol. The van der Waals surface area contributed by atoms with Crippen molar-refractivity contribution in [2.24, 2.45) is 10.7 Å². The van der Waals surface area contributed by atoms with E-state index in [4.69, 9.17) is 10.7 Å². The van der Waals surface area contributed by atoms with Crippen molar-refractivity contribution in [3.05, 3.63) is 65.0 Å². The molecule has 1 aromatic heterocycles. The molecule has 0 amide bonds. The number of likely N-dealkylation sites (tertiary alicyclic amines) is 1. The maximum Gasteiger partial charge on any atom is 0.189 e. The quantitative estimate of drug-likeness (QED) is 0.370. The van der Waals surface area contributed by atoms with Crippen LogP contribution in [0, 0.1) is 0 Å². The number of piperidine rings is 1. The number of halogens is 1. The number of nitrogens with zero attached hydrogens (tertiary/aromatic N) is 3. The van der Waals surface area contributed by atoms with Crippen molar-refractivity contribution in [2.45, 2.75) is 57.7 Å². The van der Waals surface area contributed by atoms with E-state index in [0.29, 0.717) is 18.5 Å². The first-order chi connectivity index (χ1) is 13.8. The zero-order chi connectivity index (χ0) is 19.2. The third-order valence-corrected chi connectivity index (χ3v) is 5.84. The summed E-state index contributed by atoms with van der Waals surface area (Å²) in [6.07, 6.45) is 6.99. The molecule has 0 unspecified atom stereocenters. The summed E-state index contributed by atoms with van der Waals surface area (Å²) in [5, 5.41) is 3.41. The summed E-state index contributed by atoms with van der Waals surface area (Å²) in [5.74, 6) is 0.543. The Morgan fingerprint density at radius 3 is 2.62 bits per heavy atom. The van der Waals surface area contributed by atoms with Crippen LogP contribution in [-0.4, -0.2) is 35.0 Å². The Labute approximate surface area is 191 Å². The van der Waals surface area contributed by atoms with Gasteiger partial charge in [0.15, 0.2) is 5.96 Å². The van der Waals surface area contributed by atoms with Gasteiger partial charge in [-0.2, -0.15) is 0 Å². The monoisotopic (exact) mass is 505 g/mol. The van der Waals surface area contributed by atoms with Crippen LogP contribution in [0.4, 0.5) is 0 Å². The van der Waals surface area contributed by atoms with Crippen LogP contribution in [0.2, 0.25) is 0 Å². The largest absolute Gasteiger partial charge is 0.370 e. The molecule has 156 valence electrons. The fraction of sp³-hybridized carbons (Fsp3) is 0.478. The number of rotatable bonds is 5. The summed E-state index contributed by atoms with van der Waals surface area (Å²) in [6.45, 7) is 3.76. The van der Waals surface area contributed by atoms with E-state index in [2.05, 4.69) is 57.7 Å². The van der Waals surface area contributed by atoms with Gasteiger partial charge in [-0.25, -0.2) is 4.99 Å². The molecule has 1 aliphatic carbocycles. The van der Waals surface area contributed by atoms with Crippen molar-refractivity contribution >= 4 is 29.9 Å². The Morgan fingerprint density at radius 1 is 1.07 bits per heavy atom. The summed E-state index contributed by atoms with van der Waals surface area (Å²) in [4.78, 5) is 11.8. The van der Waals surface area contributed by atoms with Gasteiger partial charge in [0.1, 0.15) is 0 Å². The molecule has 4 rings (SSSR count). The molecule has 2 aromatic rings. The number of aliphatic imine (C=N–C) groups is 1. The van der Waals surface area contributed by atoms with Crippen molar-refractivity contribution in [2.75, 3.05) is 13.1 Å². The lowest BCUT2D eigenvalue weighted by molar-refractivity contribution is 0.199. The standard InChI is InChI=1S/C23H31N5.HI/c24-23(25-16-21-11-10-19-8-4-5-9-22(19)26-21)27-20-12-14-28(15-13-20)17-18-6-2-1-3-7-18;/h1-3,6-7,10-11,20H,4-5,8-9,12-17H2,(H3,24,25,27);1H. The Bertz CT molecular complexity index is 800. The van der Waals surface area contributed by atoms with Crippen molar-refractivity contribution in [1.82, 2.24) is 15.2 Å². The molecule has 29 heavy (non-hydrogen) atoms. The second-order valence-electron chi connectivity index (χ2n) is 8.00. The maximum atomic E-state index is 6.15. The Hall–Kier alpha value is -1.67. The van der Waals surface area contributed by atoms with Crippen molar-refractivity contribution < 1.29 is 0 Å². The maximum absolute atomic E-state index is 6.15. The molecule has 0 bridgehead atoms. The first-order valence-electron chi connectivity index (χ1n) is 10.6. The van der Waals surface area contributed by atoms with E-state index in [0.717, 1.165) is 44.6 Å². The summed E-state index contributed by atoms with van der Waals surface area (Å²) in [7, 11) is 0. The Morgan fingerprint density at radius 2 is 1.83 bits per heavy atom. The molecule has 1 fully saturated rings. The highest BCUT2D eigenvalue weighted by atomic mass is 127. The van der Waals surface area contributed by atoms with E-state index >= 15 is 0 Å². The molecule has 6 heteroatoms. The average molecular weight is 505 g/mol. The van der Waals surface area contributed by atoms with Gasteiger partial charge < -0.3 is 11.1 Å². The number of hydrogen-bond donors (Lipinski definition) is 2. The predicted octanol–water partition coefficient (Wildman–Crippen LogP) is 3.65. The van der Waals surface area contributed by atoms with E-state index in [1.807, 2.05) is 0 Å². The first-order valence-corrected chi connectivity index (χ1v) is 10.6. The third-order valence-electron chi connectivity index (χ3n) is 5.84. The van der Waals surface area contributed by atoms with Gasteiger partial charge in [0.2, 0.25) is 0 Å². The van der Waals surface area contributed by atoms with E-state index in [-0.39, 0.29) is 24.0 Å². The van der Waals surface area contributed by atoms with Gasteiger partial charge >= 0.3 is 0 Å². The summed E-state index contributed by atoms with van der Waals surface area (Å²) >= 11 is 0. The van der Waals surface area contributed by atoms with Crippen LogP contribution in [0.25, 0.3) is 0 Å². The van der Waals surface area contributed by atoms with Gasteiger partial charge in [-0.05, 0) is 55.7 Å². The topological polar surface area (TPSA) is 66.5 Å². The van der Waals surface area contributed by atoms with E-state index in [1.165, 1.54) is 36.1 Å². The molecule has 3 N–H and O–H groups in total. The van der Waals surface area contributed by atoms with E-state index < -0.39 is 0 Å². The van der Waals surface area contributed by atoms with Gasteiger partial charge in [0.25, 0.3) is 0 Å². The van der Waals surface area contributed by atoms with Crippen LogP contribution < -0.4 is 11.1 Å². The third kappa shape index (κ3) is 6.40. The molecule has 5 nitrogen and oxygen atoms in total. The van der Waals surface area contributed by atoms with Gasteiger partial charge in [0.05, 0.1) is 12.2 Å². The van der Waals surface area contributed by atoms with Crippen LogP contribution in [0.15, 0.2) is 47.5 Å². The molecule has 2 aliphatic rings. The highest BCUT2D eigenvalue weighted by molar-refractivity contribution is 14.0. The number of fused-ring (bicyclic) bond motifs is 1. The van der Waals surface area contributed by atoms with Crippen LogP contribution in [0.1, 0.15) is 48.2 Å². The number of hydrogen-bond acceptors (Lipinski definition) is 3. The molecule has 1 saturated heterocycles. The minimum atomic E-state index is 0. The molecule has 1 aromatic carbocycles. The molecule has 1 aliphatic heterocycles. The van der Waals surface area contributed by atoms with Crippen molar-refractivity contribution in [1.29, 1.82) is 0 Å². The van der Waals surface area contributed by atoms with Gasteiger partial charge in [0, 0.05) is 31.4 Å². The Balaban J connectivity index is 0.00000240. The highest BCUT2D eigenvalue weighted by Crippen LogP contribution is 2.19. The number of nitrogens with two attached hydrogens (primary N) is 1. The number of nitrogens with one attached hydrogen (secondary N) is 1. The lowest BCUT2D eigenvalue weighted by Gasteiger charge is -2.32. The second kappa shape index (κ2) is 10.9. The Kier molecular flexibility index (Phi) is 8.29. The van der Waals surface area contributed by atoms with Gasteiger partial charge in [-0.3, -0.25) is 9.88 Å². The average Bonchev–Trinajstić information content (AvgIpc) is 2.74. The van der Waals surface area contributed by atoms with Crippen LogP contribution in [-0.2, 0) is 25.9 Å². The van der Waals surface area contributed by atoms with Crippen LogP contribution in [0.5, 0.6) is 0 Å². The zero-order valence-electron chi connectivity index (χ0n) is 17.0. The summed E-state index contributed by atoms with van der Waals surface area (Å²) in [6, 6.07) is 15.4. The molecule has 2 heterocycles. The van der Waals surface area contributed by atoms with Crippen LogP contribution >= 0.6 is 24.0 Å². The summed E-state index contributed by atoms with van der Waals surface area (Å²) in [5.41, 5.74) is 11.2. The minimum Gasteiger partial charge on any atom is -0.370 e. The summed E-state index contributed by atoms with van der Waals surface area (Å²) < 4.78 is 0. The van der Waals surface area contributed by atoms with E-state index in [9.17, 15) is 0 Å². The number of aromatic nitrogens is 1. The van der Waals surface area contributed by atoms with Crippen molar-refractivity contribution in [3.8, 4) is 0 Å². The predicted molar refractivity (Wildman–Crippen MR) is 129 cm³/mol. The fourth-order valence-corrected chi connectivity index (χ4v) is 4.21. The lowest BCUT2D eigenvalue weighted by Crippen LogP contribution is -2.46. The van der Waals surface area contributed by atoms with Crippen LogP contribution in [0.3, 0.4) is 0 Å². The number of pyridine rings is 1. The fourth-order valence-electron chi connectivity index (χ4n) is 4.21. The molecule has 0 atom stereocenters. The lowest BCUT2D eigenvalue weighted by atomic mass is 9.96. The minimum absolute atomic E-state index is 0. The molecule has 0 spiro atoms. The number of guanidine groups is 1. The SMILES string of the molecule is I.NC(=NCc1ccc2c(n1)CCCC2)NC1CCN(Cc2ccccc2)CC1. The van der Waals surface area contributed by atoms with Gasteiger partial charge in [-0.15, -0.1) is 24.0 Å². The molecule has 0 radical (unpaired) electrons. The molecule has 0 saturated carbocycles. The normalized spacial score (nSPS) is 18.0. The zero-order valence-corrected chi connectivity index (χ0v) is 19.3. The van der Waals surface area contributed by atoms with Crippen molar-refractivity contribution in [3.63, 3.8) is 0 Å². The smallest absolute Gasteiger partial charge is 0.189 e. The first kappa shape index (κ1) is 22.0. The second-order valence-corrected chi connectivity index (χ2v) is 8.00. The molecular formula is C23H32IN5. The number of aryl methyl sites for hydroxylation is 2.